The Kier molecular flexibility index (Phi) is 5.22. The van der Waals surface area contributed by atoms with Crippen LogP contribution in [0.4, 0.5) is 21.5 Å². The molecule has 0 spiro atoms. The Morgan fingerprint density at radius 3 is 2.52 bits per heavy atom. The van der Waals surface area contributed by atoms with Crippen molar-refractivity contribution in [3.05, 3.63) is 68.0 Å². The van der Waals surface area contributed by atoms with Gasteiger partial charge >= 0.3 is 5.69 Å². The Labute approximate surface area is 140 Å². The van der Waals surface area contributed by atoms with E-state index in [2.05, 4.69) is 5.32 Å². The third-order valence-corrected chi connectivity index (χ3v) is 3.10. The number of nitro groups is 2. The van der Waals surface area contributed by atoms with Gasteiger partial charge in [0, 0.05) is 18.2 Å². The number of aryl methyl sites for hydroxylation is 1. The summed E-state index contributed by atoms with van der Waals surface area (Å²) in [4.78, 5) is 32.1. The van der Waals surface area contributed by atoms with Gasteiger partial charge in [0.2, 0.25) is 0 Å². The summed E-state index contributed by atoms with van der Waals surface area (Å²) < 4.78 is 18.7. The number of hydrogen-bond acceptors (Lipinski definition) is 6. The fourth-order valence-electron chi connectivity index (χ4n) is 1.94. The third-order valence-electron chi connectivity index (χ3n) is 3.10. The van der Waals surface area contributed by atoms with Crippen LogP contribution in [0, 0.1) is 33.0 Å². The number of carbonyl (C=O) groups excluding carboxylic acids is 1. The lowest BCUT2D eigenvalue weighted by Crippen LogP contribution is -2.21. The van der Waals surface area contributed by atoms with Crippen molar-refractivity contribution in [1.29, 1.82) is 0 Å². The van der Waals surface area contributed by atoms with Gasteiger partial charge in [-0.3, -0.25) is 25.0 Å². The van der Waals surface area contributed by atoms with E-state index in [1.165, 1.54) is 12.1 Å². The Bertz CT molecular complexity index is 855. The van der Waals surface area contributed by atoms with Crippen LogP contribution in [0.5, 0.6) is 5.75 Å². The van der Waals surface area contributed by atoms with Gasteiger partial charge in [0.25, 0.3) is 11.6 Å². The van der Waals surface area contributed by atoms with Crippen LogP contribution in [0.3, 0.4) is 0 Å². The van der Waals surface area contributed by atoms with E-state index in [-0.39, 0.29) is 17.1 Å². The van der Waals surface area contributed by atoms with Crippen LogP contribution in [0.15, 0.2) is 36.4 Å². The maximum absolute atomic E-state index is 13.6. The first-order valence-electron chi connectivity index (χ1n) is 6.89. The second-order valence-electron chi connectivity index (χ2n) is 4.99. The molecule has 0 aromatic heterocycles. The molecule has 9 nitrogen and oxygen atoms in total. The average molecular weight is 349 g/mol. The summed E-state index contributed by atoms with van der Waals surface area (Å²) in [5.41, 5.74) is -0.454. The summed E-state index contributed by atoms with van der Waals surface area (Å²) in [6.07, 6.45) is 0. The Morgan fingerprint density at radius 1 is 1.16 bits per heavy atom. The van der Waals surface area contributed by atoms with Crippen molar-refractivity contribution in [1.82, 2.24) is 0 Å². The monoisotopic (exact) mass is 349 g/mol. The molecule has 0 aliphatic heterocycles. The van der Waals surface area contributed by atoms with Gasteiger partial charge in [-0.05, 0) is 24.6 Å². The first-order valence-corrected chi connectivity index (χ1v) is 6.89. The average Bonchev–Trinajstić information content (AvgIpc) is 2.55. The molecule has 0 bridgehead atoms. The Morgan fingerprint density at radius 2 is 1.88 bits per heavy atom. The lowest BCUT2D eigenvalue weighted by Gasteiger charge is -2.09. The number of ether oxygens (including phenoxy) is 1. The van der Waals surface area contributed by atoms with E-state index in [9.17, 15) is 29.4 Å². The fraction of sp³-hybridized carbons (Fsp3) is 0.133. The SMILES string of the molecule is Cc1ccc(OCC(=O)Nc2cc([N+](=O)[O-])ccc2F)c([N+](=O)[O-])c1. The summed E-state index contributed by atoms with van der Waals surface area (Å²) in [5.74, 6) is -1.81. The number of nitro benzene ring substituents is 2. The molecule has 1 amide bonds. The molecule has 130 valence electrons. The van der Waals surface area contributed by atoms with Crippen LogP contribution < -0.4 is 10.1 Å². The van der Waals surface area contributed by atoms with E-state index < -0.39 is 33.9 Å². The Hall–Kier alpha value is -3.56. The molecule has 0 atom stereocenters. The minimum atomic E-state index is -0.861. The summed E-state index contributed by atoms with van der Waals surface area (Å²) in [5, 5.41) is 23.8. The summed E-state index contributed by atoms with van der Waals surface area (Å²) in [7, 11) is 0. The highest BCUT2D eigenvalue weighted by Gasteiger charge is 2.17. The number of non-ortho nitro benzene ring substituents is 1. The molecule has 25 heavy (non-hydrogen) atoms. The number of halogens is 1. The first-order chi connectivity index (χ1) is 11.8. The van der Waals surface area contributed by atoms with Gasteiger partial charge in [0.05, 0.1) is 15.5 Å². The molecule has 1 N–H and O–H groups in total. The molecule has 10 heteroatoms. The lowest BCUT2D eigenvalue weighted by molar-refractivity contribution is -0.385. The number of nitrogens with zero attached hydrogens (tertiary/aromatic N) is 2. The fourth-order valence-corrected chi connectivity index (χ4v) is 1.94. The highest BCUT2D eigenvalue weighted by molar-refractivity contribution is 5.92. The minimum Gasteiger partial charge on any atom is -0.477 e. The zero-order chi connectivity index (χ0) is 18.6. The van der Waals surface area contributed by atoms with Crippen molar-refractivity contribution in [2.24, 2.45) is 0 Å². The van der Waals surface area contributed by atoms with Crippen LogP contribution in [0.25, 0.3) is 0 Å². The van der Waals surface area contributed by atoms with Crippen molar-refractivity contribution in [2.45, 2.75) is 6.92 Å². The standard InChI is InChI=1S/C15H12FN3O6/c1-9-2-5-14(13(6-9)19(23)24)25-8-15(20)17-12-7-10(18(21)22)3-4-11(12)16/h2-7H,8H2,1H3,(H,17,20). The van der Waals surface area contributed by atoms with Crippen molar-refractivity contribution >= 4 is 23.0 Å². The molecule has 0 aliphatic carbocycles. The van der Waals surface area contributed by atoms with Gasteiger partial charge in [0.1, 0.15) is 5.82 Å². The third kappa shape index (κ3) is 4.47. The van der Waals surface area contributed by atoms with E-state index in [4.69, 9.17) is 4.74 Å². The predicted molar refractivity (Wildman–Crippen MR) is 85.0 cm³/mol. The zero-order valence-electron chi connectivity index (χ0n) is 12.9. The molecule has 0 saturated heterocycles. The van der Waals surface area contributed by atoms with Gasteiger partial charge in [-0.15, -0.1) is 0 Å². The van der Waals surface area contributed by atoms with Crippen molar-refractivity contribution in [3.8, 4) is 5.75 Å². The van der Waals surface area contributed by atoms with Gasteiger partial charge in [-0.2, -0.15) is 0 Å². The molecule has 2 aromatic carbocycles. The van der Waals surface area contributed by atoms with E-state index >= 15 is 0 Å². The second kappa shape index (κ2) is 7.34. The predicted octanol–water partition coefficient (Wildman–Crippen LogP) is 2.97. The zero-order valence-corrected chi connectivity index (χ0v) is 12.9. The quantitative estimate of drug-likeness (QED) is 0.631. The number of nitrogens with one attached hydrogen (secondary N) is 1. The van der Waals surface area contributed by atoms with E-state index in [1.807, 2.05) is 0 Å². The molecule has 0 unspecified atom stereocenters. The van der Waals surface area contributed by atoms with Crippen molar-refractivity contribution in [2.75, 3.05) is 11.9 Å². The largest absolute Gasteiger partial charge is 0.477 e. The van der Waals surface area contributed by atoms with Gasteiger partial charge in [-0.1, -0.05) is 6.07 Å². The number of rotatable bonds is 6. The molecule has 0 fully saturated rings. The molecule has 0 saturated carbocycles. The number of benzene rings is 2. The molecular formula is C15H12FN3O6. The van der Waals surface area contributed by atoms with Crippen LogP contribution >= 0.6 is 0 Å². The van der Waals surface area contributed by atoms with E-state index in [0.29, 0.717) is 5.56 Å². The van der Waals surface area contributed by atoms with Crippen molar-refractivity contribution < 1.29 is 23.8 Å². The first kappa shape index (κ1) is 17.8. The van der Waals surface area contributed by atoms with Gasteiger partial charge < -0.3 is 10.1 Å². The number of hydrogen-bond donors (Lipinski definition) is 1. The summed E-state index contributed by atoms with van der Waals surface area (Å²) >= 11 is 0. The van der Waals surface area contributed by atoms with Crippen LogP contribution in [-0.2, 0) is 4.79 Å². The molecule has 0 heterocycles. The van der Waals surface area contributed by atoms with E-state index in [0.717, 1.165) is 18.2 Å². The second-order valence-corrected chi connectivity index (χ2v) is 4.99. The topological polar surface area (TPSA) is 125 Å². The molecule has 0 aliphatic rings. The van der Waals surface area contributed by atoms with Crippen LogP contribution in [-0.4, -0.2) is 22.4 Å². The van der Waals surface area contributed by atoms with Gasteiger partial charge in [0.15, 0.2) is 12.4 Å². The summed E-state index contributed by atoms with van der Waals surface area (Å²) in [6.45, 7) is 1.03. The highest BCUT2D eigenvalue weighted by Crippen LogP contribution is 2.27. The lowest BCUT2D eigenvalue weighted by atomic mass is 10.2. The smallest absolute Gasteiger partial charge is 0.311 e. The highest BCUT2D eigenvalue weighted by atomic mass is 19.1. The van der Waals surface area contributed by atoms with Gasteiger partial charge in [-0.25, -0.2) is 4.39 Å². The molecule has 2 rings (SSSR count). The molecule has 0 radical (unpaired) electrons. The normalized spacial score (nSPS) is 10.2. The Balaban J connectivity index is 2.08. The maximum Gasteiger partial charge on any atom is 0.311 e. The maximum atomic E-state index is 13.6. The number of carbonyl (C=O) groups is 1. The number of amides is 1. The van der Waals surface area contributed by atoms with Crippen LogP contribution in [0.1, 0.15) is 5.56 Å². The van der Waals surface area contributed by atoms with Crippen molar-refractivity contribution in [3.63, 3.8) is 0 Å². The van der Waals surface area contributed by atoms with Crippen LogP contribution in [0.2, 0.25) is 0 Å². The summed E-state index contributed by atoms with van der Waals surface area (Å²) in [6, 6.07) is 6.86. The molecule has 2 aromatic rings. The number of anilines is 1. The minimum absolute atomic E-state index is 0.120. The van der Waals surface area contributed by atoms with E-state index in [1.54, 1.807) is 13.0 Å². The molecular weight excluding hydrogens is 337 g/mol.